The summed E-state index contributed by atoms with van der Waals surface area (Å²) in [6.07, 6.45) is 2.84. The van der Waals surface area contributed by atoms with Crippen LogP contribution >= 0.6 is 0 Å². The zero-order valence-electron chi connectivity index (χ0n) is 11.5. The van der Waals surface area contributed by atoms with Crippen molar-refractivity contribution in [1.82, 2.24) is 0 Å². The quantitative estimate of drug-likeness (QED) is 0.926. The lowest BCUT2D eigenvalue weighted by atomic mass is 10.0. The monoisotopic (exact) mass is 270 g/mol. The Morgan fingerprint density at radius 3 is 2.75 bits per heavy atom. The molecule has 2 nitrogen and oxygen atoms in total. The molecule has 0 amide bonds. The van der Waals surface area contributed by atoms with E-state index in [1.54, 1.807) is 6.07 Å². The SMILES string of the molecule is NCCc1ccc(N2CCCc3ccccc32)c(F)c1. The van der Waals surface area contributed by atoms with Gasteiger partial charge in [-0.3, -0.25) is 0 Å². The standard InChI is InChI=1S/C17H19FN2/c18-15-12-13(9-10-19)7-8-17(15)20-11-3-5-14-4-1-2-6-16(14)20/h1-2,4,6-8,12H,3,5,9-11,19H2. The van der Waals surface area contributed by atoms with Crippen LogP contribution in [0.2, 0.25) is 0 Å². The Kier molecular flexibility index (Phi) is 3.70. The summed E-state index contributed by atoms with van der Waals surface area (Å²) in [6, 6.07) is 13.7. The van der Waals surface area contributed by atoms with Gasteiger partial charge in [0.15, 0.2) is 0 Å². The van der Waals surface area contributed by atoms with Gasteiger partial charge in [-0.2, -0.15) is 0 Å². The van der Waals surface area contributed by atoms with Crippen molar-refractivity contribution in [3.63, 3.8) is 0 Å². The second-order valence-corrected chi connectivity index (χ2v) is 5.21. The second kappa shape index (κ2) is 5.63. The van der Waals surface area contributed by atoms with Crippen molar-refractivity contribution < 1.29 is 4.39 Å². The minimum atomic E-state index is -0.160. The van der Waals surface area contributed by atoms with Gasteiger partial charge < -0.3 is 10.6 Å². The van der Waals surface area contributed by atoms with Crippen LogP contribution in [0.25, 0.3) is 0 Å². The molecule has 0 spiro atoms. The minimum absolute atomic E-state index is 0.160. The summed E-state index contributed by atoms with van der Waals surface area (Å²) in [6.45, 7) is 1.41. The number of aryl methyl sites for hydroxylation is 1. The number of fused-ring (bicyclic) bond motifs is 1. The Hall–Kier alpha value is -1.87. The van der Waals surface area contributed by atoms with E-state index in [-0.39, 0.29) is 5.82 Å². The van der Waals surface area contributed by atoms with Crippen molar-refractivity contribution in [2.75, 3.05) is 18.0 Å². The van der Waals surface area contributed by atoms with E-state index >= 15 is 0 Å². The molecular weight excluding hydrogens is 251 g/mol. The van der Waals surface area contributed by atoms with Gasteiger partial charge in [0.2, 0.25) is 0 Å². The number of hydrogen-bond donors (Lipinski definition) is 1. The third kappa shape index (κ3) is 2.41. The summed E-state index contributed by atoms with van der Waals surface area (Å²) in [7, 11) is 0. The van der Waals surface area contributed by atoms with Gasteiger partial charge in [0.1, 0.15) is 5.82 Å². The van der Waals surface area contributed by atoms with E-state index in [9.17, 15) is 4.39 Å². The molecule has 0 radical (unpaired) electrons. The summed E-state index contributed by atoms with van der Waals surface area (Å²) in [5.74, 6) is -0.160. The van der Waals surface area contributed by atoms with Crippen molar-refractivity contribution in [3.8, 4) is 0 Å². The molecule has 0 aromatic heterocycles. The zero-order valence-corrected chi connectivity index (χ0v) is 11.5. The van der Waals surface area contributed by atoms with Crippen LogP contribution in [0.15, 0.2) is 42.5 Å². The number of anilines is 2. The fourth-order valence-electron chi connectivity index (χ4n) is 2.88. The van der Waals surface area contributed by atoms with Crippen LogP contribution in [-0.2, 0) is 12.8 Å². The molecule has 0 saturated heterocycles. The molecule has 1 heterocycles. The first-order valence-corrected chi connectivity index (χ1v) is 7.13. The molecule has 3 heteroatoms. The molecule has 104 valence electrons. The predicted molar refractivity (Wildman–Crippen MR) is 80.9 cm³/mol. The Bertz CT molecular complexity index is 610. The van der Waals surface area contributed by atoms with Crippen LogP contribution in [0.1, 0.15) is 17.5 Å². The van der Waals surface area contributed by atoms with Crippen molar-refractivity contribution >= 4 is 11.4 Å². The lowest BCUT2D eigenvalue weighted by Crippen LogP contribution is -2.25. The molecular formula is C17H19FN2. The second-order valence-electron chi connectivity index (χ2n) is 5.21. The van der Waals surface area contributed by atoms with Crippen LogP contribution in [0.3, 0.4) is 0 Å². The molecule has 1 aliphatic rings. The molecule has 1 aliphatic heterocycles. The lowest BCUT2D eigenvalue weighted by molar-refractivity contribution is 0.618. The van der Waals surface area contributed by atoms with Crippen molar-refractivity contribution in [1.29, 1.82) is 0 Å². The maximum atomic E-state index is 14.4. The van der Waals surface area contributed by atoms with Gasteiger partial charge in [-0.1, -0.05) is 24.3 Å². The first kappa shape index (κ1) is 13.1. The first-order chi connectivity index (χ1) is 9.79. The van der Waals surface area contributed by atoms with Gasteiger partial charge in [-0.05, 0) is 55.1 Å². The van der Waals surface area contributed by atoms with E-state index in [2.05, 4.69) is 17.0 Å². The largest absolute Gasteiger partial charge is 0.339 e. The molecule has 2 N–H and O–H groups in total. The summed E-state index contributed by atoms with van der Waals surface area (Å²) < 4.78 is 14.4. The average molecular weight is 270 g/mol. The normalized spacial score (nSPS) is 14.2. The Balaban J connectivity index is 1.98. The number of halogens is 1. The van der Waals surface area contributed by atoms with Gasteiger partial charge in [0.05, 0.1) is 5.69 Å². The number of benzene rings is 2. The van der Waals surface area contributed by atoms with Gasteiger partial charge in [0.25, 0.3) is 0 Å². The summed E-state index contributed by atoms with van der Waals surface area (Å²) >= 11 is 0. The lowest BCUT2D eigenvalue weighted by Gasteiger charge is -2.31. The van der Waals surface area contributed by atoms with Crippen LogP contribution in [0, 0.1) is 5.82 Å². The molecule has 0 bridgehead atoms. The molecule has 2 aromatic carbocycles. The molecule has 0 fully saturated rings. The molecule has 0 saturated carbocycles. The average Bonchev–Trinajstić information content (AvgIpc) is 2.47. The van der Waals surface area contributed by atoms with E-state index in [1.807, 2.05) is 24.3 Å². The van der Waals surface area contributed by atoms with Crippen LogP contribution in [0.5, 0.6) is 0 Å². The minimum Gasteiger partial charge on any atom is -0.339 e. The van der Waals surface area contributed by atoms with Crippen molar-refractivity contribution in [2.24, 2.45) is 5.73 Å². The van der Waals surface area contributed by atoms with E-state index in [1.165, 1.54) is 5.56 Å². The third-order valence-electron chi connectivity index (χ3n) is 3.85. The maximum Gasteiger partial charge on any atom is 0.147 e. The molecule has 2 aromatic rings. The highest BCUT2D eigenvalue weighted by Gasteiger charge is 2.20. The topological polar surface area (TPSA) is 29.3 Å². The fourth-order valence-corrected chi connectivity index (χ4v) is 2.88. The molecule has 0 aliphatic carbocycles. The Morgan fingerprint density at radius 1 is 1.10 bits per heavy atom. The van der Waals surface area contributed by atoms with Crippen LogP contribution in [-0.4, -0.2) is 13.1 Å². The number of nitrogens with zero attached hydrogens (tertiary/aromatic N) is 1. The first-order valence-electron chi connectivity index (χ1n) is 7.13. The van der Waals surface area contributed by atoms with Gasteiger partial charge in [0, 0.05) is 12.2 Å². The number of hydrogen-bond acceptors (Lipinski definition) is 2. The van der Waals surface area contributed by atoms with Gasteiger partial charge >= 0.3 is 0 Å². The number of para-hydroxylation sites is 1. The summed E-state index contributed by atoms with van der Waals surface area (Å²) in [5.41, 5.74) is 9.57. The van der Waals surface area contributed by atoms with Crippen molar-refractivity contribution in [3.05, 3.63) is 59.4 Å². The maximum absolute atomic E-state index is 14.4. The smallest absolute Gasteiger partial charge is 0.147 e. The highest BCUT2D eigenvalue weighted by molar-refractivity contribution is 5.68. The fraction of sp³-hybridized carbons (Fsp3) is 0.294. The van der Waals surface area contributed by atoms with Crippen molar-refractivity contribution in [2.45, 2.75) is 19.3 Å². The number of rotatable bonds is 3. The summed E-state index contributed by atoms with van der Waals surface area (Å²) in [4.78, 5) is 2.08. The summed E-state index contributed by atoms with van der Waals surface area (Å²) in [5, 5.41) is 0. The zero-order chi connectivity index (χ0) is 13.9. The van der Waals surface area contributed by atoms with Crippen LogP contribution < -0.4 is 10.6 Å². The third-order valence-corrected chi connectivity index (χ3v) is 3.85. The molecule has 20 heavy (non-hydrogen) atoms. The Morgan fingerprint density at radius 2 is 1.95 bits per heavy atom. The van der Waals surface area contributed by atoms with Crippen LogP contribution in [0.4, 0.5) is 15.8 Å². The van der Waals surface area contributed by atoms with Gasteiger partial charge in [-0.25, -0.2) is 4.39 Å². The van der Waals surface area contributed by atoms with E-state index in [4.69, 9.17) is 5.73 Å². The van der Waals surface area contributed by atoms with E-state index in [0.29, 0.717) is 18.7 Å². The van der Waals surface area contributed by atoms with E-state index in [0.717, 1.165) is 30.6 Å². The Labute approximate surface area is 119 Å². The highest BCUT2D eigenvalue weighted by atomic mass is 19.1. The number of nitrogens with two attached hydrogens (primary N) is 1. The predicted octanol–water partition coefficient (Wildman–Crippen LogP) is 3.41. The highest BCUT2D eigenvalue weighted by Crippen LogP contribution is 2.34. The van der Waals surface area contributed by atoms with Gasteiger partial charge in [-0.15, -0.1) is 0 Å². The van der Waals surface area contributed by atoms with E-state index < -0.39 is 0 Å². The molecule has 0 atom stereocenters. The molecule has 3 rings (SSSR count). The molecule has 0 unspecified atom stereocenters.